The molecule has 6 nitrogen and oxygen atoms in total. The lowest BCUT2D eigenvalue weighted by Crippen LogP contribution is -2.40. The number of hydrogen-bond donors (Lipinski definition) is 3. The molecule has 2 amide bonds. The average molecular weight is 417 g/mol. The minimum absolute atomic E-state index is 0. The number of rotatable bonds is 5. The molecular weight excluding hydrogens is 387 g/mol. The first-order chi connectivity index (χ1) is 12.0. The molecule has 1 saturated heterocycles. The zero-order valence-corrected chi connectivity index (χ0v) is 17.1. The first-order valence-corrected chi connectivity index (χ1v) is 9.18. The van der Waals surface area contributed by atoms with Gasteiger partial charge in [-0.1, -0.05) is 12.1 Å². The van der Waals surface area contributed by atoms with Crippen LogP contribution in [0.4, 0.5) is 5.69 Å². The number of hydrogen-bond acceptors (Lipinski definition) is 4. The second-order valence-corrected chi connectivity index (χ2v) is 7.43. The minimum atomic E-state index is -0.200. The molecule has 0 spiro atoms. The molecule has 5 N–H and O–H groups in total. The normalized spacial score (nSPS) is 25.1. The number of carbonyl (C=O) groups is 2. The number of primary amides is 1. The number of benzene rings is 1. The van der Waals surface area contributed by atoms with Crippen LogP contribution >= 0.6 is 24.8 Å². The molecule has 1 saturated carbocycles. The molecular formula is C19H30Cl2N4O2. The predicted molar refractivity (Wildman–Crippen MR) is 112 cm³/mol. The maximum Gasteiger partial charge on any atom is 0.227 e. The highest BCUT2D eigenvalue weighted by Crippen LogP contribution is 2.25. The summed E-state index contributed by atoms with van der Waals surface area (Å²) in [6.07, 6.45) is 4.48. The van der Waals surface area contributed by atoms with E-state index in [0.717, 1.165) is 57.4 Å². The van der Waals surface area contributed by atoms with E-state index in [1.54, 1.807) is 0 Å². The molecule has 1 aliphatic heterocycles. The van der Waals surface area contributed by atoms with Gasteiger partial charge < -0.3 is 16.8 Å². The second kappa shape index (κ2) is 10.9. The van der Waals surface area contributed by atoms with Crippen LogP contribution in [0.3, 0.4) is 0 Å². The average Bonchev–Trinajstić information content (AvgIpc) is 3.03. The van der Waals surface area contributed by atoms with Crippen LogP contribution in [0.2, 0.25) is 0 Å². The monoisotopic (exact) mass is 416 g/mol. The highest BCUT2D eigenvalue weighted by molar-refractivity contribution is 5.92. The summed E-state index contributed by atoms with van der Waals surface area (Å²) in [7, 11) is 0. The van der Waals surface area contributed by atoms with Crippen molar-refractivity contribution in [3.63, 3.8) is 0 Å². The number of likely N-dealkylation sites (tertiary alicyclic amines) is 1. The molecule has 3 atom stereocenters. The number of nitrogens with two attached hydrogens (primary N) is 2. The molecule has 152 valence electrons. The van der Waals surface area contributed by atoms with Crippen LogP contribution in [0.5, 0.6) is 0 Å². The summed E-state index contributed by atoms with van der Waals surface area (Å²) in [5.41, 5.74) is 13.3. The summed E-state index contributed by atoms with van der Waals surface area (Å²) in [5, 5.41) is 2.99. The molecule has 1 aliphatic carbocycles. The Labute approximate surface area is 173 Å². The Morgan fingerprint density at radius 1 is 1.07 bits per heavy atom. The van der Waals surface area contributed by atoms with Gasteiger partial charge in [-0.15, -0.1) is 24.8 Å². The zero-order valence-electron chi connectivity index (χ0n) is 15.4. The van der Waals surface area contributed by atoms with Crippen molar-refractivity contribution in [1.82, 2.24) is 4.90 Å². The van der Waals surface area contributed by atoms with Crippen LogP contribution < -0.4 is 16.8 Å². The fourth-order valence-electron chi connectivity index (χ4n) is 3.88. The number of anilines is 1. The van der Waals surface area contributed by atoms with Gasteiger partial charge in [-0.3, -0.25) is 14.5 Å². The molecule has 2 fully saturated rings. The smallest absolute Gasteiger partial charge is 0.227 e. The van der Waals surface area contributed by atoms with Crippen molar-refractivity contribution >= 4 is 42.3 Å². The third kappa shape index (κ3) is 6.64. The van der Waals surface area contributed by atoms with Gasteiger partial charge in [0.05, 0.1) is 5.92 Å². The number of nitrogens with zero attached hydrogens (tertiary/aromatic N) is 1. The number of amides is 2. The van der Waals surface area contributed by atoms with Crippen LogP contribution in [-0.4, -0.2) is 35.8 Å². The molecule has 1 heterocycles. The van der Waals surface area contributed by atoms with Gasteiger partial charge in [0.15, 0.2) is 0 Å². The van der Waals surface area contributed by atoms with Gasteiger partial charge in [-0.2, -0.15) is 0 Å². The quantitative estimate of drug-likeness (QED) is 0.684. The summed E-state index contributed by atoms with van der Waals surface area (Å²) in [5.74, 6) is -0.130. The highest BCUT2D eigenvalue weighted by atomic mass is 35.5. The van der Waals surface area contributed by atoms with Crippen molar-refractivity contribution in [3.8, 4) is 0 Å². The lowest BCUT2D eigenvalue weighted by Gasteiger charge is -2.31. The topological polar surface area (TPSA) is 101 Å². The maximum absolute atomic E-state index is 12.2. The van der Waals surface area contributed by atoms with Crippen molar-refractivity contribution in [2.45, 2.75) is 44.7 Å². The summed E-state index contributed by atoms with van der Waals surface area (Å²) in [6.45, 7) is 2.52. The number of nitrogens with one attached hydrogen (secondary N) is 1. The Bertz CT molecular complexity index is 627. The lowest BCUT2D eigenvalue weighted by molar-refractivity contribution is -0.123. The van der Waals surface area contributed by atoms with Crippen molar-refractivity contribution in [1.29, 1.82) is 0 Å². The van der Waals surface area contributed by atoms with E-state index in [1.165, 1.54) is 5.56 Å². The van der Waals surface area contributed by atoms with Crippen LogP contribution in [0.15, 0.2) is 24.3 Å². The molecule has 0 aromatic heterocycles. The molecule has 3 unspecified atom stereocenters. The first kappa shape index (κ1) is 23.7. The minimum Gasteiger partial charge on any atom is -0.369 e. The molecule has 8 heteroatoms. The van der Waals surface area contributed by atoms with E-state index in [1.807, 2.05) is 24.3 Å². The summed E-state index contributed by atoms with van der Waals surface area (Å²) in [4.78, 5) is 25.9. The SMILES string of the molecule is Cl.Cl.NC(=O)C1CCCN(Cc2ccc(NC(=O)C3CCC(N)C3)cc2)C1. The van der Waals surface area contributed by atoms with Gasteiger partial charge in [0.1, 0.15) is 0 Å². The maximum atomic E-state index is 12.2. The fraction of sp³-hybridized carbons (Fsp3) is 0.579. The number of piperidine rings is 1. The predicted octanol–water partition coefficient (Wildman–Crippen LogP) is 2.29. The Hall–Kier alpha value is -1.34. The molecule has 1 aromatic rings. The van der Waals surface area contributed by atoms with Crippen LogP contribution in [0.1, 0.15) is 37.7 Å². The van der Waals surface area contributed by atoms with E-state index in [0.29, 0.717) is 0 Å². The van der Waals surface area contributed by atoms with Gasteiger partial charge in [-0.25, -0.2) is 0 Å². The number of carbonyl (C=O) groups excluding carboxylic acids is 2. The Morgan fingerprint density at radius 2 is 1.78 bits per heavy atom. The Balaban J connectivity index is 0.00000182. The molecule has 0 radical (unpaired) electrons. The standard InChI is InChI=1S/C19H28N4O2.2ClH/c20-16-6-5-14(10-16)19(25)22-17-7-3-13(4-8-17)11-23-9-1-2-15(12-23)18(21)24;;/h3-4,7-8,14-16H,1-2,5-6,9-12,20H2,(H2,21,24)(H,22,25);2*1H. The molecule has 27 heavy (non-hydrogen) atoms. The van der Waals surface area contributed by atoms with Crippen LogP contribution in [0, 0.1) is 11.8 Å². The second-order valence-electron chi connectivity index (χ2n) is 7.43. The largest absolute Gasteiger partial charge is 0.369 e. The van der Waals surface area contributed by atoms with Crippen molar-refractivity contribution in [3.05, 3.63) is 29.8 Å². The van der Waals surface area contributed by atoms with Gasteiger partial charge in [0, 0.05) is 30.7 Å². The highest BCUT2D eigenvalue weighted by Gasteiger charge is 2.27. The number of halogens is 2. The van der Waals surface area contributed by atoms with Crippen molar-refractivity contribution in [2.24, 2.45) is 23.3 Å². The third-order valence-electron chi connectivity index (χ3n) is 5.38. The summed E-state index contributed by atoms with van der Waals surface area (Å²) < 4.78 is 0. The molecule has 3 rings (SSSR count). The molecule has 1 aromatic carbocycles. The van der Waals surface area contributed by atoms with E-state index in [2.05, 4.69) is 10.2 Å². The molecule has 0 bridgehead atoms. The first-order valence-electron chi connectivity index (χ1n) is 9.18. The van der Waals surface area contributed by atoms with E-state index in [-0.39, 0.29) is 54.5 Å². The Kier molecular flexibility index (Phi) is 9.53. The van der Waals surface area contributed by atoms with Crippen LogP contribution in [0.25, 0.3) is 0 Å². The zero-order chi connectivity index (χ0) is 17.8. The van der Waals surface area contributed by atoms with Gasteiger partial charge in [0.25, 0.3) is 0 Å². The fourth-order valence-corrected chi connectivity index (χ4v) is 3.88. The van der Waals surface area contributed by atoms with Gasteiger partial charge in [-0.05, 0) is 56.3 Å². The third-order valence-corrected chi connectivity index (χ3v) is 5.38. The van der Waals surface area contributed by atoms with Gasteiger partial charge in [0.2, 0.25) is 11.8 Å². The van der Waals surface area contributed by atoms with Crippen LogP contribution in [-0.2, 0) is 16.1 Å². The van der Waals surface area contributed by atoms with Crippen molar-refractivity contribution < 1.29 is 9.59 Å². The summed E-state index contributed by atoms with van der Waals surface area (Å²) >= 11 is 0. The lowest BCUT2D eigenvalue weighted by atomic mass is 9.97. The van der Waals surface area contributed by atoms with E-state index < -0.39 is 0 Å². The Morgan fingerprint density at radius 3 is 2.37 bits per heavy atom. The van der Waals surface area contributed by atoms with E-state index >= 15 is 0 Å². The molecule has 2 aliphatic rings. The summed E-state index contributed by atoms with van der Waals surface area (Å²) in [6, 6.07) is 8.11. The van der Waals surface area contributed by atoms with Gasteiger partial charge >= 0.3 is 0 Å². The van der Waals surface area contributed by atoms with E-state index in [4.69, 9.17) is 11.5 Å². The van der Waals surface area contributed by atoms with E-state index in [9.17, 15) is 9.59 Å². The van der Waals surface area contributed by atoms with Crippen molar-refractivity contribution in [2.75, 3.05) is 18.4 Å².